The zero-order valence-corrected chi connectivity index (χ0v) is 9.21. The van der Waals surface area contributed by atoms with Crippen molar-refractivity contribution < 1.29 is 9.13 Å². The molecule has 0 unspecified atom stereocenters. The quantitative estimate of drug-likeness (QED) is 0.758. The van der Waals surface area contributed by atoms with E-state index in [-0.39, 0.29) is 5.82 Å². The molecular weight excluding hydrogens is 255 g/mol. The van der Waals surface area contributed by atoms with Gasteiger partial charge in [0.1, 0.15) is 11.6 Å². The summed E-state index contributed by atoms with van der Waals surface area (Å²) >= 11 is 4.61. The van der Waals surface area contributed by atoms with Crippen molar-refractivity contribution in [2.45, 2.75) is 0 Å². The van der Waals surface area contributed by atoms with Crippen LogP contribution in [0.4, 0.5) is 4.39 Å². The van der Waals surface area contributed by atoms with Crippen LogP contribution in [0.2, 0.25) is 0 Å². The summed E-state index contributed by atoms with van der Waals surface area (Å²) in [4.78, 5) is 0. The lowest BCUT2D eigenvalue weighted by Gasteiger charge is -1.98. The minimum absolute atomic E-state index is 0.239. The number of methoxy groups -OCH3 is 1. The van der Waals surface area contributed by atoms with Gasteiger partial charge in [0.15, 0.2) is 0 Å². The molecule has 68 valence electrons. The standard InChI is InChI=1S/C9H6BrFOS/c1-12-8-4-13-9-3-7(11)6(10)2-5(8)9/h2-4H,1H3. The molecule has 0 fully saturated rings. The second-order valence-electron chi connectivity index (χ2n) is 2.57. The average molecular weight is 261 g/mol. The number of hydrogen-bond donors (Lipinski definition) is 0. The fraction of sp³-hybridized carbons (Fsp3) is 0.111. The van der Waals surface area contributed by atoms with E-state index < -0.39 is 0 Å². The summed E-state index contributed by atoms with van der Waals surface area (Å²) in [6.45, 7) is 0. The first-order valence-corrected chi connectivity index (χ1v) is 5.30. The van der Waals surface area contributed by atoms with Crippen LogP contribution in [-0.2, 0) is 0 Å². The summed E-state index contributed by atoms with van der Waals surface area (Å²) in [6.07, 6.45) is 0. The van der Waals surface area contributed by atoms with Gasteiger partial charge >= 0.3 is 0 Å². The summed E-state index contributed by atoms with van der Waals surface area (Å²) in [5, 5.41) is 2.82. The van der Waals surface area contributed by atoms with Crippen molar-refractivity contribution in [1.29, 1.82) is 0 Å². The largest absolute Gasteiger partial charge is 0.495 e. The average Bonchev–Trinajstić information content (AvgIpc) is 2.48. The number of hydrogen-bond acceptors (Lipinski definition) is 2. The molecule has 0 atom stereocenters. The third-order valence-corrected chi connectivity index (χ3v) is 3.33. The van der Waals surface area contributed by atoms with Crippen molar-refractivity contribution in [2.24, 2.45) is 0 Å². The van der Waals surface area contributed by atoms with Crippen molar-refractivity contribution in [3.8, 4) is 5.75 Å². The van der Waals surface area contributed by atoms with E-state index >= 15 is 0 Å². The summed E-state index contributed by atoms with van der Waals surface area (Å²) < 4.78 is 19.6. The number of fused-ring (bicyclic) bond motifs is 1. The van der Waals surface area contributed by atoms with E-state index in [1.807, 2.05) is 5.38 Å². The number of ether oxygens (including phenoxy) is 1. The minimum Gasteiger partial charge on any atom is -0.495 e. The Balaban J connectivity index is 2.77. The predicted molar refractivity (Wildman–Crippen MR) is 56.0 cm³/mol. The zero-order chi connectivity index (χ0) is 9.42. The van der Waals surface area contributed by atoms with Gasteiger partial charge in [-0.05, 0) is 28.1 Å². The Hall–Kier alpha value is -0.610. The lowest BCUT2D eigenvalue weighted by atomic mass is 10.2. The summed E-state index contributed by atoms with van der Waals surface area (Å²) in [6, 6.07) is 3.24. The Kier molecular flexibility index (Phi) is 2.26. The van der Waals surface area contributed by atoms with Gasteiger partial charge in [-0.1, -0.05) is 0 Å². The Labute approximate surface area is 87.3 Å². The maximum atomic E-state index is 13.1. The second kappa shape index (κ2) is 3.27. The van der Waals surface area contributed by atoms with Crippen LogP contribution in [0.3, 0.4) is 0 Å². The molecule has 1 nitrogen and oxygen atoms in total. The number of halogens is 2. The van der Waals surface area contributed by atoms with Crippen molar-refractivity contribution in [3.63, 3.8) is 0 Å². The van der Waals surface area contributed by atoms with Gasteiger partial charge in [-0.25, -0.2) is 4.39 Å². The normalized spacial score (nSPS) is 10.7. The van der Waals surface area contributed by atoms with Gasteiger partial charge in [0.25, 0.3) is 0 Å². The third kappa shape index (κ3) is 1.44. The first kappa shape index (κ1) is 8.97. The molecule has 2 aromatic rings. The fourth-order valence-corrected chi connectivity index (χ4v) is 2.42. The summed E-state index contributed by atoms with van der Waals surface area (Å²) in [5.41, 5.74) is 0. The fourth-order valence-electron chi connectivity index (χ4n) is 1.16. The molecule has 0 saturated heterocycles. The van der Waals surface area contributed by atoms with E-state index in [4.69, 9.17) is 4.74 Å². The van der Waals surface area contributed by atoms with E-state index in [9.17, 15) is 4.39 Å². The Morgan fingerprint density at radius 1 is 1.46 bits per heavy atom. The second-order valence-corrected chi connectivity index (χ2v) is 4.33. The molecule has 0 aliphatic rings. The lowest BCUT2D eigenvalue weighted by Crippen LogP contribution is -1.80. The van der Waals surface area contributed by atoms with E-state index in [0.717, 1.165) is 15.8 Å². The highest BCUT2D eigenvalue weighted by atomic mass is 79.9. The van der Waals surface area contributed by atoms with Gasteiger partial charge in [-0.2, -0.15) is 0 Å². The highest BCUT2D eigenvalue weighted by Crippen LogP contribution is 2.35. The molecule has 4 heteroatoms. The molecule has 0 bridgehead atoms. The number of rotatable bonds is 1. The van der Waals surface area contributed by atoms with Gasteiger partial charge in [0.05, 0.1) is 11.6 Å². The first-order valence-electron chi connectivity index (χ1n) is 3.62. The highest BCUT2D eigenvalue weighted by molar-refractivity contribution is 9.10. The lowest BCUT2D eigenvalue weighted by molar-refractivity contribution is 0.421. The van der Waals surface area contributed by atoms with Crippen LogP contribution < -0.4 is 4.74 Å². The minimum atomic E-state index is -0.239. The van der Waals surface area contributed by atoms with Gasteiger partial charge in [-0.3, -0.25) is 0 Å². The van der Waals surface area contributed by atoms with Crippen LogP contribution >= 0.6 is 27.3 Å². The molecule has 13 heavy (non-hydrogen) atoms. The van der Waals surface area contributed by atoms with Crippen molar-refractivity contribution >= 4 is 37.4 Å². The van der Waals surface area contributed by atoms with Gasteiger partial charge in [0.2, 0.25) is 0 Å². The molecule has 0 amide bonds. The first-order chi connectivity index (χ1) is 6.22. The molecule has 1 heterocycles. The number of benzene rings is 1. The summed E-state index contributed by atoms with van der Waals surface area (Å²) in [5.74, 6) is 0.553. The third-order valence-electron chi connectivity index (χ3n) is 1.80. The van der Waals surface area contributed by atoms with Gasteiger partial charge in [0, 0.05) is 15.5 Å². The molecule has 0 radical (unpaired) electrons. The van der Waals surface area contributed by atoms with Crippen molar-refractivity contribution in [2.75, 3.05) is 7.11 Å². The molecular formula is C9H6BrFOS. The van der Waals surface area contributed by atoms with E-state index in [1.165, 1.54) is 17.4 Å². The summed E-state index contributed by atoms with van der Waals surface area (Å²) in [7, 11) is 1.61. The van der Waals surface area contributed by atoms with Crippen LogP contribution in [0.25, 0.3) is 10.1 Å². The van der Waals surface area contributed by atoms with Crippen molar-refractivity contribution in [3.05, 3.63) is 27.8 Å². The monoisotopic (exact) mass is 260 g/mol. The van der Waals surface area contributed by atoms with Gasteiger partial charge < -0.3 is 4.74 Å². The van der Waals surface area contributed by atoms with Crippen molar-refractivity contribution in [1.82, 2.24) is 0 Å². The van der Waals surface area contributed by atoms with Crippen LogP contribution in [0.15, 0.2) is 22.0 Å². The Bertz CT molecular complexity index is 452. The van der Waals surface area contributed by atoms with E-state index in [1.54, 1.807) is 13.2 Å². The molecule has 1 aromatic heterocycles. The highest BCUT2D eigenvalue weighted by Gasteiger charge is 2.07. The molecule has 2 rings (SSSR count). The molecule has 0 aliphatic heterocycles. The Morgan fingerprint density at radius 2 is 2.23 bits per heavy atom. The van der Waals surface area contributed by atoms with Crippen LogP contribution in [0, 0.1) is 5.82 Å². The smallest absolute Gasteiger partial charge is 0.138 e. The molecule has 1 aromatic carbocycles. The topological polar surface area (TPSA) is 9.23 Å². The van der Waals surface area contributed by atoms with Crippen LogP contribution in [0.5, 0.6) is 5.75 Å². The van der Waals surface area contributed by atoms with Crippen LogP contribution in [-0.4, -0.2) is 7.11 Å². The molecule has 0 aliphatic carbocycles. The zero-order valence-electron chi connectivity index (χ0n) is 6.80. The molecule has 0 saturated carbocycles. The molecule has 0 N–H and O–H groups in total. The Morgan fingerprint density at radius 3 is 2.92 bits per heavy atom. The van der Waals surface area contributed by atoms with E-state index in [0.29, 0.717) is 4.47 Å². The molecule has 0 spiro atoms. The predicted octanol–water partition coefficient (Wildman–Crippen LogP) is 3.81. The maximum Gasteiger partial charge on any atom is 0.138 e. The number of thiophene rings is 1. The maximum absolute atomic E-state index is 13.1. The van der Waals surface area contributed by atoms with Gasteiger partial charge in [-0.15, -0.1) is 11.3 Å². The van der Waals surface area contributed by atoms with Crippen LogP contribution in [0.1, 0.15) is 0 Å². The van der Waals surface area contributed by atoms with E-state index in [2.05, 4.69) is 15.9 Å². The SMILES string of the molecule is COc1csc2cc(F)c(Br)cc12.